The molecule has 0 radical (unpaired) electrons. The van der Waals surface area contributed by atoms with E-state index < -0.39 is 63.6 Å². The molecule has 2 N–H and O–H groups in total. The largest absolute Gasteiger partial charge is 0.457 e. The molecule has 39 heavy (non-hydrogen) atoms. The van der Waals surface area contributed by atoms with Gasteiger partial charge in [-0.3, -0.25) is 14.3 Å². The minimum atomic E-state index is -2.15. The summed E-state index contributed by atoms with van der Waals surface area (Å²) < 4.78 is 20.4. The number of carbonyl (C=O) groups is 2. The Kier molecular flexibility index (Phi) is 7.46. The smallest absolute Gasteiger partial charge is 0.303 e. The summed E-state index contributed by atoms with van der Waals surface area (Å²) in [5.74, 6) is -1.35. The minimum absolute atomic E-state index is 0.121. The second kappa shape index (κ2) is 9.75. The van der Waals surface area contributed by atoms with Crippen molar-refractivity contribution in [2.24, 2.45) is 22.7 Å². The third kappa shape index (κ3) is 4.47. The molecule has 0 spiro atoms. The highest BCUT2D eigenvalue weighted by atomic mass is 16.6. The molecule has 0 bridgehead atoms. The van der Waals surface area contributed by atoms with Crippen LogP contribution >= 0.6 is 0 Å². The maximum Gasteiger partial charge on any atom is 0.303 e. The molecule has 0 aromatic carbocycles. The molecule has 3 aliphatic rings. The van der Waals surface area contributed by atoms with Gasteiger partial charge in [-0.2, -0.15) is 0 Å². The first kappa shape index (κ1) is 29.8. The van der Waals surface area contributed by atoms with Crippen molar-refractivity contribution in [3.63, 3.8) is 0 Å². The second-order valence-corrected chi connectivity index (χ2v) is 13.5. The average molecular weight is 548 g/mol. The average Bonchev–Trinajstić information content (AvgIpc) is 3.25. The number of esters is 1. The fraction of sp³-hybridized carbons (Fsp3) is 0.793. The molecule has 2 heterocycles. The predicted octanol–water partition coefficient (Wildman–Crippen LogP) is 2.99. The van der Waals surface area contributed by atoms with Gasteiger partial charge in [0.1, 0.15) is 11.3 Å². The number of Topliss-reactive ketones (excluding diaryl/α,β-unsaturated/α-hetero) is 1. The first-order chi connectivity index (χ1) is 17.9. The first-order valence-electron chi connectivity index (χ1n) is 13.9. The summed E-state index contributed by atoms with van der Waals surface area (Å²) in [6.45, 7) is 19.2. The maximum atomic E-state index is 14.2. The third-order valence-corrected chi connectivity index (χ3v) is 9.56. The number of carbonyl (C=O) groups excluding carboxylic acids is 2. The second-order valence-electron chi connectivity index (χ2n) is 13.5. The molecular formula is C29H45N3O7. The lowest BCUT2D eigenvalue weighted by Gasteiger charge is -2.71. The van der Waals surface area contributed by atoms with Gasteiger partial charge in [-0.25, -0.2) is 0 Å². The lowest BCUT2D eigenvalue weighted by molar-refractivity contribution is -0.373. The molecule has 1 aromatic heterocycles. The van der Waals surface area contributed by atoms with Gasteiger partial charge in [-0.05, 0) is 38.0 Å². The number of ketones is 1. The molecule has 1 saturated heterocycles. The van der Waals surface area contributed by atoms with Crippen molar-refractivity contribution in [3.05, 3.63) is 24.5 Å². The molecule has 1 aliphatic heterocycles. The van der Waals surface area contributed by atoms with Crippen LogP contribution in [0.1, 0.15) is 80.3 Å². The molecular weight excluding hydrogens is 502 g/mol. The summed E-state index contributed by atoms with van der Waals surface area (Å²) >= 11 is 0. The van der Waals surface area contributed by atoms with Gasteiger partial charge in [-0.1, -0.05) is 45.9 Å². The monoisotopic (exact) mass is 547 g/mol. The highest BCUT2D eigenvalue weighted by Gasteiger charge is 2.81. The Morgan fingerprint density at radius 3 is 2.56 bits per heavy atom. The molecule has 3 fully saturated rings. The van der Waals surface area contributed by atoms with Crippen LogP contribution in [0.3, 0.4) is 0 Å². The number of hydrogen-bond acceptors (Lipinski definition) is 9. The highest BCUT2D eigenvalue weighted by Crippen LogP contribution is 2.67. The standard InChI is InChI=1S/C29H45N3O7/c1-10-26(7)13-20(34)29(36)27(8)21(37-16-19-15-32(31-30-19)14-17(2)3)11-12-25(5,6)23(27)22(35)24(38-18(4)33)28(29,9)39-26/h10,15,17,21-24,35-36H,1,11-14,16H2,2-9H3/t21-,22-,23-,24-,26-,27-,28+,29-/m0/s1. The van der Waals surface area contributed by atoms with Crippen molar-refractivity contribution >= 4 is 11.8 Å². The maximum absolute atomic E-state index is 14.2. The van der Waals surface area contributed by atoms with Gasteiger partial charge < -0.3 is 24.4 Å². The van der Waals surface area contributed by atoms with E-state index in [-0.39, 0.29) is 13.0 Å². The molecule has 218 valence electrons. The molecule has 2 saturated carbocycles. The van der Waals surface area contributed by atoms with E-state index in [9.17, 15) is 19.8 Å². The van der Waals surface area contributed by atoms with Crippen molar-refractivity contribution in [3.8, 4) is 0 Å². The van der Waals surface area contributed by atoms with Gasteiger partial charge in [0.2, 0.25) is 0 Å². The van der Waals surface area contributed by atoms with Crippen LogP contribution < -0.4 is 0 Å². The Morgan fingerprint density at radius 1 is 1.31 bits per heavy atom. The summed E-state index contributed by atoms with van der Waals surface area (Å²) in [7, 11) is 0. The molecule has 2 aliphatic carbocycles. The predicted molar refractivity (Wildman–Crippen MR) is 142 cm³/mol. The van der Waals surface area contributed by atoms with Crippen molar-refractivity contribution in [1.29, 1.82) is 0 Å². The normalized spacial score (nSPS) is 41.6. The van der Waals surface area contributed by atoms with E-state index in [1.54, 1.807) is 18.5 Å². The van der Waals surface area contributed by atoms with E-state index in [1.807, 2.05) is 27.0 Å². The van der Waals surface area contributed by atoms with E-state index in [1.165, 1.54) is 13.0 Å². The SMILES string of the molecule is C=C[C@@]1(C)CC(=O)[C@]2(O)[C@@]3(C)[C@@H](OCc4cn(CC(C)C)nn4)CCC(C)(C)[C@@H]3[C@H](O)[C@H](OC(C)=O)[C@@]2(C)O1. The number of ether oxygens (including phenoxy) is 3. The van der Waals surface area contributed by atoms with E-state index in [2.05, 4.69) is 30.7 Å². The first-order valence-corrected chi connectivity index (χ1v) is 13.9. The Bertz CT molecular complexity index is 1130. The number of fused-ring (bicyclic) bond motifs is 3. The van der Waals surface area contributed by atoms with Gasteiger partial charge in [0.05, 0.1) is 30.6 Å². The molecule has 8 atom stereocenters. The summed E-state index contributed by atoms with van der Waals surface area (Å²) in [6, 6.07) is 0. The fourth-order valence-corrected chi connectivity index (χ4v) is 7.95. The Morgan fingerprint density at radius 2 is 1.97 bits per heavy atom. The number of rotatable bonds is 7. The van der Waals surface area contributed by atoms with Crippen LogP contribution in [-0.4, -0.2) is 72.1 Å². The Balaban J connectivity index is 1.82. The Labute approximate surface area is 231 Å². The summed E-state index contributed by atoms with van der Waals surface area (Å²) in [5, 5.41) is 33.2. The zero-order valence-corrected chi connectivity index (χ0v) is 24.6. The number of hydrogen-bond donors (Lipinski definition) is 2. The van der Waals surface area contributed by atoms with Crippen molar-refractivity contribution < 1.29 is 34.0 Å². The van der Waals surface area contributed by atoms with E-state index in [4.69, 9.17) is 14.2 Å². The van der Waals surface area contributed by atoms with Gasteiger partial charge in [0.15, 0.2) is 17.5 Å². The third-order valence-electron chi connectivity index (χ3n) is 9.56. The number of aromatic nitrogens is 3. The van der Waals surface area contributed by atoms with E-state index in [0.29, 0.717) is 24.5 Å². The van der Waals surface area contributed by atoms with Crippen molar-refractivity contribution in [1.82, 2.24) is 15.0 Å². The van der Waals surface area contributed by atoms with Crippen LogP contribution in [0.4, 0.5) is 0 Å². The van der Waals surface area contributed by atoms with E-state index in [0.717, 1.165) is 6.54 Å². The molecule has 10 heteroatoms. The van der Waals surface area contributed by atoms with Crippen LogP contribution in [0.15, 0.2) is 18.9 Å². The molecule has 10 nitrogen and oxygen atoms in total. The molecule has 0 unspecified atom stereocenters. The molecule has 4 rings (SSSR count). The Hall–Kier alpha value is -2.14. The summed E-state index contributed by atoms with van der Waals surface area (Å²) in [4.78, 5) is 26.5. The topological polar surface area (TPSA) is 133 Å². The lowest BCUT2D eigenvalue weighted by Crippen LogP contribution is -2.86. The van der Waals surface area contributed by atoms with Crippen LogP contribution in [-0.2, 0) is 37.0 Å². The number of aliphatic hydroxyl groups is 2. The van der Waals surface area contributed by atoms with Crippen LogP contribution in [0.5, 0.6) is 0 Å². The highest BCUT2D eigenvalue weighted by molar-refractivity contribution is 5.92. The van der Waals surface area contributed by atoms with E-state index >= 15 is 0 Å². The molecule has 0 amide bonds. The van der Waals surface area contributed by atoms with Gasteiger partial charge in [-0.15, -0.1) is 11.7 Å². The van der Waals surface area contributed by atoms with Crippen molar-refractivity contribution in [2.75, 3.05) is 0 Å². The van der Waals surface area contributed by atoms with Crippen LogP contribution in [0, 0.1) is 22.7 Å². The number of nitrogens with zero attached hydrogens (tertiary/aromatic N) is 3. The zero-order chi connectivity index (χ0) is 29.2. The van der Waals surface area contributed by atoms with Gasteiger partial charge in [0.25, 0.3) is 0 Å². The minimum Gasteiger partial charge on any atom is -0.457 e. The van der Waals surface area contributed by atoms with Crippen LogP contribution in [0.25, 0.3) is 0 Å². The molecule has 1 aromatic rings. The quantitative estimate of drug-likeness (QED) is 0.390. The fourth-order valence-electron chi connectivity index (χ4n) is 7.95. The zero-order valence-electron chi connectivity index (χ0n) is 24.6. The van der Waals surface area contributed by atoms with Gasteiger partial charge >= 0.3 is 5.97 Å². The number of aliphatic hydroxyl groups excluding tert-OH is 1. The van der Waals surface area contributed by atoms with Gasteiger partial charge in [0, 0.05) is 31.2 Å². The summed E-state index contributed by atoms with van der Waals surface area (Å²) in [6.07, 6.45) is 1.26. The van der Waals surface area contributed by atoms with Crippen LogP contribution in [0.2, 0.25) is 0 Å². The lowest BCUT2D eigenvalue weighted by atomic mass is 9.39. The van der Waals surface area contributed by atoms with Crippen molar-refractivity contribution in [2.45, 2.75) is 123 Å². The summed E-state index contributed by atoms with van der Waals surface area (Å²) in [5.41, 5.74) is -6.25.